The number of carbonyl (C=O) groups excluding carboxylic acids is 3. The first-order valence-corrected chi connectivity index (χ1v) is 20.6. The Morgan fingerprint density at radius 2 is 1.30 bits per heavy atom. The van der Waals surface area contributed by atoms with Crippen molar-refractivity contribution in [1.82, 2.24) is 15.6 Å². The second kappa shape index (κ2) is 26.2. The predicted octanol–water partition coefficient (Wildman–Crippen LogP) is 4.80. The minimum atomic E-state index is -4.51. The summed E-state index contributed by atoms with van der Waals surface area (Å²) < 4.78 is 66.6. The Labute approximate surface area is 369 Å². The van der Waals surface area contributed by atoms with Crippen LogP contribution >= 0.6 is 0 Å². The van der Waals surface area contributed by atoms with Gasteiger partial charge in [-0.15, -0.1) is 0 Å². The smallest absolute Gasteiger partial charge is 0.416 e. The zero-order chi connectivity index (χ0) is 46.4. The molecular formula is C45H56F3N5O11. The number of nitrogens with one attached hydrogen (secondary N) is 3. The summed E-state index contributed by atoms with van der Waals surface area (Å²) in [5.74, 6) is -0.889. The number of aromatic nitrogens is 1. The van der Waals surface area contributed by atoms with E-state index in [0.29, 0.717) is 54.5 Å². The third kappa shape index (κ3) is 16.2. The maximum absolute atomic E-state index is 13.6. The first kappa shape index (κ1) is 51.0. The minimum absolute atomic E-state index is 0.0844. The molecule has 0 atom stereocenters. The fourth-order valence-corrected chi connectivity index (χ4v) is 6.06. The van der Waals surface area contributed by atoms with E-state index in [9.17, 15) is 42.9 Å². The van der Waals surface area contributed by atoms with E-state index >= 15 is 0 Å². The van der Waals surface area contributed by atoms with Crippen LogP contribution in [0.1, 0.15) is 51.3 Å². The summed E-state index contributed by atoms with van der Waals surface area (Å²) in [4.78, 5) is 45.3. The minimum Gasteiger partial charge on any atom is -0.447 e. The Morgan fingerprint density at radius 1 is 0.688 bits per heavy atom. The summed E-state index contributed by atoms with van der Waals surface area (Å²) in [6.45, 7) is 5.37. The molecule has 0 spiro atoms. The highest BCUT2D eigenvalue weighted by Gasteiger charge is 2.31. The van der Waals surface area contributed by atoms with Crippen LogP contribution in [0, 0.1) is 0 Å². The van der Waals surface area contributed by atoms with E-state index in [0.717, 1.165) is 36.5 Å². The number of halogens is 3. The summed E-state index contributed by atoms with van der Waals surface area (Å²) in [6.07, 6.45) is -3.96. The van der Waals surface area contributed by atoms with Crippen LogP contribution in [0.5, 0.6) is 0 Å². The lowest BCUT2D eigenvalue weighted by molar-refractivity contribution is -0.137. The van der Waals surface area contributed by atoms with Gasteiger partial charge >= 0.3 is 12.3 Å². The monoisotopic (exact) mass is 899 g/mol. The van der Waals surface area contributed by atoms with Crippen LogP contribution in [0.2, 0.25) is 0 Å². The Hall–Kier alpha value is -5.67. The van der Waals surface area contributed by atoms with E-state index in [-0.39, 0.29) is 51.0 Å². The largest absolute Gasteiger partial charge is 0.447 e. The van der Waals surface area contributed by atoms with Gasteiger partial charge in [0.15, 0.2) is 0 Å². The van der Waals surface area contributed by atoms with Gasteiger partial charge in [-0.3, -0.25) is 14.6 Å². The van der Waals surface area contributed by atoms with Crippen LogP contribution < -0.4 is 20.9 Å². The van der Waals surface area contributed by atoms with E-state index < -0.39 is 49.1 Å². The number of ether oxygens (including phenoxy) is 5. The van der Waals surface area contributed by atoms with Crippen molar-refractivity contribution >= 4 is 29.3 Å². The average Bonchev–Trinajstić information content (AvgIpc) is 3.30. The van der Waals surface area contributed by atoms with Gasteiger partial charge in [-0.25, -0.2) is 4.79 Å². The van der Waals surface area contributed by atoms with Crippen molar-refractivity contribution in [3.05, 3.63) is 113 Å². The van der Waals surface area contributed by atoms with Gasteiger partial charge in [-0.05, 0) is 79.6 Å². The van der Waals surface area contributed by atoms with Crippen LogP contribution in [0.3, 0.4) is 0 Å². The van der Waals surface area contributed by atoms with Gasteiger partial charge in [0.2, 0.25) is 0 Å². The number of amides is 3. The molecule has 1 aromatic heterocycles. The number of aliphatic hydroxyl groups excluding tert-OH is 3. The lowest BCUT2D eigenvalue weighted by Crippen LogP contribution is -2.57. The van der Waals surface area contributed by atoms with Gasteiger partial charge in [-0.1, -0.05) is 24.3 Å². The Bertz CT molecular complexity index is 2080. The summed E-state index contributed by atoms with van der Waals surface area (Å²) in [7, 11) is 0. The van der Waals surface area contributed by atoms with E-state index in [1.54, 1.807) is 30.3 Å². The van der Waals surface area contributed by atoms with Crippen LogP contribution in [0.15, 0.2) is 85.1 Å². The number of aliphatic hydroxyl groups is 3. The van der Waals surface area contributed by atoms with E-state index in [1.165, 1.54) is 24.4 Å². The number of rotatable bonds is 27. The number of alkyl halides is 3. The van der Waals surface area contributed by atoms with Crippen molar-refractivity contribution in [2.75, 3.05) is 96.0 Å². The lowest BCUT2D eigenvalue weighted by atomic mass is 10.0. The second-order valence-corrected chi connectivity index (χ2v) is 14.3. The third-order valence-corrected chi connectivity index (χ3v) is 9.70. The molecular weight excluding hydrogens is 844 g/mol. The number of anilines is 2. The van der Waals surface area contributed by atoms with Crippen LogP contribution in [-0.2, 0) is 43.0 Å². The molecule has 16 nitrogen and oxygen atoms in total. The number of hydrogen-bond acceptors (Lipinski definition) is 13. The topological polar surface area (TPSA) is 210 Å². The van der Waals surface area contributed by atoms with Crippen LogP contribution in [-0.4, -0.2) is 130 Å². The number of alkyl carbamates (subject to hydrolysis) is 1. The predicted molar refractivity (Wildman–Crippen MR) is 231 cm³/mol. The molecule has 4 aromatic rings. The first-order valence-electron chi connectivity index (χ1n) is 20.6. The van der Waals surface area contributed by atoms with Crippen molar-refractivity contribution in [2.24, 2.45) is 0 Å². The molecule has 0 unspecified atom stereocenters. The van der Waals surface area contributed by atoms with Crippen LogP contribution in [0.25, 0.3) is 11.3 Å². The van der Waals surface area contributed by atoms with E-state index in [1.807, 2.05) is 32.0 Å². The Balaban J connectivity index is 1.23. The van der Waals surface area contributed by atoms with Gasteiger partial charge < -0.3 is 59.9 Å². The molecule has 0 aliphatic carbocycles. The molecule has 3 aromatic carbocycles. The molecule has 0 saturated heterocycles. The summed E-state index contributed by atoms with van der Waals surface area (Å²) in [5.41, 5.74) is 1.59. The Kier molecular flexibility index (Phi) is 20.9. The summed E-state index contributed by atoms with van der Waals surface area (Å²) in [6, 6.07) is 20.4. The highest BCUT2D eigenvalue weighted by molar-refractivity contribution is 6.06. The maximum Gasteiger partial charge on any atom is 0.416 e. The summed E-state index contributed by atoms with van der Waals surface area (Å²) in [5, 5.41) is 35.6. The molecule has 0 radical (unpaired) electrons. The second-order valence-electron chi connectivity index (χ2n) is 14.3. The molecule has 0 aliphatic heterocycles. The molecule has 348 valence electrons. The van der Waals surface area contributed by atoms with Crippen molar-refractivity contribution in [3.63, 3.8) is 0 Å². The molecule has 19 heteroatoms. The molecule has 4 rings (SSSR count). The van der Waals surface area contributed by atoms with Crippen LogP contribution in [0.4, 0.5) is 29.3 Å². The van der Waals surface area contributed by atoms with E-state index in [2.05, 4.69) is 25.8 Å². The van der Waals surface area contributed by atoms with Crippen molar-refractivity contribution in [1.29, 1.82) is 0 Å². The first-order chi connectivity index (χ1) is 30.8. The van der Waals surface area contributed by atoms with Gasteiger partial charge in [0.05, 0.1) is 89.6 Å². The third-order valence-electron chi connectivity index (χ3n) is 9.70. The van der Waals surface area contributed by atoms with Gasteiger partial charge in [0.25, 0.3) is 11.8 Å². The quantitative estimate of drug-likeness (QED) is 0.0445. The molecule has 64 heavy (non-hydrogen) atoms. The van der Waals surface area contributed by atoms with Crippen molar-refractivity contribution < 1.29 is 66.6 Å². The number of carbonyl (C=O) groups is 3. The van der Waals surface area contributed by atoms with Gasteiger partial charge in [0, 0.05) is 48.2 Å². The van der Waals surface area contributed by atoms with Crippen molar-refractivity contribution in [3.8, 4) is 11.3 Å². The standard InChI is InChI=1S/C45H56F3N5O11/c1-3-53(4-2)37-11-12-39(38(26-37)40-25-35(13-14-49-40)41(57)50-27-32-7-6-10-36(24-32)45(46,47)48)51-42(58)34-9-5-8-33(23-34)28-63-20-19-61-16-15-60-17-18-62-21-22-64-43(59)52-44(29-54,30-55)31-56/h5-14,23-26,54-56H,3-4,15-22,27-31H2,1-2H3,(H,50,57)(H,51,58)(H,52,59). The zero-order valence-corrected chi connectivity index (χ0v) is 35.8. The fourth-order valence-electron chi connectivity index (χ4n) is 6.06. The highest BCUT2D eigenvalue weighted by atomic mass is 19.4. The number of benzene rings is 3. The summed E-state index contributed by atoms with van der Waals surface area (Å²) >= 11 is 0. The highest BCUT2D eigenvalue weighted by Crippen LogP contribution is 2.33. The molecule has 0 aliphatic rings. The van der Waals surface area contributed by atoms with Gasteiger partial charge in [0.1, 0.15) is 12.1 Å². The normalized spacial score (nSPS) is 11.6. The molecule has 1 heterocycles. The molecule has 3 amide bonds. The SMILES string of the molecule is CCN(CC)c1ccc(NC(=O)c2cccc(COCCOCCOCCOCCOC(=O)NC(CO)(CO)CO)c2)c(-c2cc(C(=O)NCc3cccc(C(F)(F)F)c3)ccn2)c1. The van der Waals surface area contributed by atoms with Gasteiger partial charge in [-0.2, -0.15) is 13.2 Å². The number of pyridine rings is 1. The lowest BCUT2D eigenvalue weighted by Gasteiger charge is -2.27. The average molecular weight is 900 g/mol. The Morgan fingerprint density at radius 3 is 1.94 bits per heavy atom. The molecule has 0 fully saturated rings. The van der Waals surface area contributed by atoms with Crippen molar-refractivity contribution in [2.45, 2.75) is 38.7 Å². The maximum atomic E-state index is 13.6. The fraction of sp³-hybridized carbons (Fsp3) is 0.422. The molecule has 6 N–H and O–H groups in total. The van der Waals surface area contributed by atoms with E-state index in [4.69, 9.17) is 23.7 Å². The number of hydrogen-bond donors (Lipinski definition) is 6. The molecule has 0 saturated carbocycles. The zero-order valence-electron chi connectivity index (χ0n) is 35.8. The molecule has 0 bridgehead atoms. The number of nitrogens with zero attached hydrogens (tertiary/aromatic N) is 2.